The van der Waals surface area contributed by atoms with Gasteiger partial charge in [-0.25, -0.2) is 4.98 Å². The van der Waals surface area contributed by atoms with Gasteiger partial charge in [0.25, 0.3) is 0 Å². The molecule has 0 radical (unpaired) electrons. The normalized spacial score (nSPS) is 20.9. The number of likely N-dealkylation sites (N-methyl/N-ethyl adjacent to an activating group) is 1. The summed E-state index contributed by atoms with van der Waals surface area (Å²) >= 11 is 0. The smallest absolute Gasteiger partial charge is 0.128 e. The van der Waals surface area contributed by atoms with Crippen LogP contribution < -0.4 is 4.90 Å². The number of nitrogens with zero attached hydrogens (tertiary/aromatic N) is 3. The Balaban J connectivity index is 1.99. The molecule has 1 unspecified atom stereocenters. The molecular formula is C13H21N3O. The van der Waals surface area contributed by atoms with E-state index in [-0.39, 0.29) is 6.10 Å². The Bertz CT molecular complexity index is 350. The minimum Gasteiger partial charge on any atom is -0.373 e. The van der Waals surface area contributed by atoms with Crippen LogP contribution in [0.2, 0.25) is 0 Å². The average molecular weight is 235 g/mol. The number of morpholine rings is 1. The number of hydrogen-bond donors (Lipinski definition) is 0. The van der Waals surface area contributed by atoms with Crippen molar-refractivity contribution in [3.05, 3.63) is 23.9 Å². The Labute approximate surface area is 103 Å². The lowest BCUT2D eigenvalue weighted by Crippen LogP contribution is -2.46. The van der Waals surface area contributed by atoms with E-state index in [1.807, 2.05) is 6.20 Å². The van der Waals surface area contributed by atoms with Gasteiger partial charge in [0.1, 0.15) is 5.82 Å². The molecule has 2 rings (SSSR count). The van der Waals surface area contributed by atoms with Crippen molar-refractivity contribution in [3.8, 4) is 0 Å². The predicted octanol–water partition coefficient (Wildman–Crippen LogP) is 1.16. The van der Waals surface area contributed by atoms with E-state index < -0.39 is 0 Å². The van der Waals surface area contributed by atoms with Gasteiger partial charge in [-0.1, -0.05) is 6.07 Å². The highest BCUT2D eigenvalue weighted by molar-refractivity contribution is 5.39. The quantitative estimate of drug-likeness (QED) is 0.786. The van der Waals surface area contributed by atoms with Crippen LogP contribution in [-0.4, -0.2) is 56.3 Å². The van der Waals surface area contributed by atoms with Crippen molar-refractivity contribution in [2.45, 2.75) is 13.0 Å². The van der Waals surface area contributed by atoms with Crippen molar-refractivity contribution in [1.29, 1.82) is 0 Å². The third kappa shape index (κ3) is 3.41. The monoisotopic (exact) mass is 235 g/mol. The lowest BCUT2D eigenvalue weighted by Gasteiger charge is -2.34. The molecule has 0 aliphatic carbocycles. The van der Waals surface area contributed by atoms with Gasteiger partial charge in [-0.3, -0.25) is 0 Å². The molecule has 94 valence electrons. The van der Waals surface area contributed by atoms with Crippen LogP contribution in [-0.2, 0) is 4.74 Å². The van der Waals surface area contributed by atoms with Crippen molar-refractivity contribution in [2.75, 3.05) is 45.2 Å². The highest BCUT2D eigenvalue weighted by Gasteiger charge is 2.21. The lowest BCUT2D eigenvalue weighted by molar-refractivity contribution is 0.0245. The molecule has 0 spiro atoms. The Morgan fingerprint density at radius 1 is 1.47 bits per heavy atom. The summed E-state index contributed by atoms with van der Waals surface area (Å²) in [6.45, 7) is 5.66. The molecule has 0 amide bonds. The fourth-order valence-corrected chi connectivity index (χ4v) is 2.09. The first-order valence-corrected chi connectivity index (χ1v) is 6.09. The van der Waals surface area contributed by atoms with Crippen molar-refractivity contribution in [3.63, 3.8) is 0 Å². The lowest BCUT2D eigenvalue weighted by atomic mass is 10.2. The summed E-state index contributed by atoms with van der Waals surface area (Å²) < 4.78 is 5.75. The van der Waals surface area contributed by atoms with E-state index in [0.29, 0.717) is 0 Å². The number of ether oxygens (including phenoxy) is 1. The number of aromatic nitrogens is 1. The van der Waals surface area contributed by atoms with Crippen LogP contribution in [0.3, 0.4) is 0 Å². The summed E-state index contributed by atoms with van der Waals surface area (Å²) in [7, 11) is 4.15. The third-order valence-electron chi connectivity index (χ3n) is 2.93. The zero-order valence-corrected chi connectivity index (χ0v) is 10.9. The van der Waals surface area contributed by atoms with Gasteiger partial charge in [0.15, 0.2) is 0 Å². The summed E-state index contributed by atoms with van der Waals surface area (Å²) in [5, 5.41) is 0. The van der Waals surface area contributed by atoms with E-state index in [0.717, 1.165) is 32.1 Å². The highest BCUT2D eigenvalue weighted by atomic mass is 16.5. The topological polar surface area (TPSA) is 28.6 Å². The molecule has 0 N–H and O–H groups in total. The molecule has 2 heterocycles. The fraction of sp³-hybridized carbons (Fsp3) is 0.615. The number of pyridine rings is 1. The fourth-order valence-electron chi connectivity index (χ4n) is 2.09. The van der Waals surface area contributed by atoms with Crippen LogP contribution >= 0.6 is 0 Å². The number of anilines is 1. The molecule has 1 aliphatic heterocycles. The number of rotatable bonds is 3. The maximum absolute atomic E-state index is 5.75. The van der Waals surface area contributed by atoms with Gasteiger partial charge in [0, 0.05) is 25.8 Å². The van der Waals surface area contributed by atoms with Gasteiger partial charge >= 0.3 is 0 Å². The number of aryl methyl sites for hydroxylation is 1. The SMILES string of the molecule is Cc1ccc(N2CCOC(CN(C)C)C2)nc1. The van der Waals surface area contributed by atoms with E-state index in [9.17, 15) is 0 Å². The minimum absolute atomic E-state index is 0.279. The van der Waals surface area contributed by atoms with Gasteiger partial charge < -0.3 is 14.5 Å². The molecule has 1 atom stereocenters. The van der Waals surface area contributed by atoms with E-state index in [2.05, 4.69) is 47.9 Å². The van der Waals surface area contributed by atoms with E-state index >= 15 is 0 Å². The maximum Gasteiger partial charge on any atom is 0.128 e. The predicted molar refractivity (Wildman–Crippen MR) is 69.5 cm³/mol. The Morgan fingerprint density at radius 2 is 2.29 bits per heavy atom. The zero-order valence-electron chi connectivity index (χ0n) is 10.9. The second kappa shape index (κ2) is 5.47. The van der Waals surface area contributed by atoms with Crippen LogP contribution in [0.1, 0.15) is 5.56 Å². The van der Waals surface area contributed by atoms with Crippen molar-refractivity contribution in [2.24, 2.45) is 0 Å². The van der Waals surface area contributed by atoms with Crippen molar-refractivity contribution < 1.29 is 4.74 Å². The molecule has 17 heavy (non-hydrogen) atoms. The molecule has 1 aromatic heterocycles. The van der Waals surface area contributed by atoms with Crippen molar-refractivity contribution >= 4 is 5.82 Å². The summed E-state index contributed by atoms with van der Waals surface area (Å²) in [5.41, 5.74) is 1.20. The van der Waals surface area contributed by atoms with Crippen molar-refractivity contribution in [1.82, 2.24) is 9.88 Å². The summed E-state index contributed by atoms with van der Waals surface area (Å²) in [6, 6.07) is 4.20. The number of hydrogen-bond acceptors (Lipinski definition) is 4. The molecule has 1 aromatic rings. The second-order valence-corrected chi connectivity index (χ2v) is 4.89. The summed E-state index contributed by atoms with van der Waals surface area (Å²) in [4.78, 5) is 8.94. The minimum atomic E-state index is 0.279. The summed E-state index contributed by atoms with van der Waals surface area (Å²) in [6.07, 6.45) is 2.20. The Hall–Kier alpha value is -1.13. The standard InChI is InChI=1S/C13H21N3O/c1-11-4-5-13(14-8-11)16-6-7-17-12(10-16)9-15(2)3/h4-5,8,12H,6-7,9-10H2,1-3H3. The van der Waals surface area contributed by atoms with E-state index in [1.54, 1.807) is 0 Å². The van der Waals surface area contributed by atoms with E-state index in [1.165, 1.54) is 5.56 Å². The molecule has 1 saturated heterocycles. The van der Waals surface area contributed by atoms with Crippen LogP contribution in [0.4, 0.5) is 5.82 Å². The molecule has 1 fully saturated rings. The third-order valence-corrected chi connectivity index (χ3v) is 2.93. The average Bonchev–Trinajstić information content (AvgIpc) is 2.29. The Kier molecular flexibility index (Phi) is 3.97. The second-order valence-electron chi connectivity index (χ2n) is 4.89. The van der Waals surface area contributed by atoms with Gasteiger partial charge in [-0.05, 0) is 32.6 Å². The Morgan fingerprint density at radius 3 is 2.94 bits per heavy atom. The van der Waals surface area contributed by atoms with Gasteiger partial charge in [-0.15, -0.1) is 0 Å². The van der Waals surface area contributed by atoms with E-state index in [4.69, 9.17) is 4.74 Å². The summed E-state index contributed by atoms with van der Waals surface area (Å²) in [5.74, 6) is 1.06. The van der Waals surface area contributed by atoms with Gasteiger partial charge in [0.05, 0.1) is 12.7 Å². The van der Waals surface area contributed by atoms with Crippen LogP contribution in [0.5, 0.6) is 0 Å². The van der Waals surface area contributed by atoms with Crippen LogP contribution in [0.15, 0.2) is 18.3 Å². The van der Waals surface area contributed by atoms with Crippen LogP contribution in [0, 0.1) is 6.92 Å². The van der Waals surface area contributed by atoms with Crippen LogP contribution in [0.25, 0.3) is 0 Å². The zero-order chi connectivity index (χ0) is 12.3. The first-order valence-electron chi connectivity index (χ1n) is 6.09. The highest BCUT2D eigenvalue weighted by Crippen LogP contribution is 2.15. The molecule has 4 heteroatoms. The molecule has 0 aromatic carbocycles. The molecule has 0 saturated carbocycles. The molecular weight excluding hydrogens is 214 g/mol. The van der Waals surface area contributed by atoms with Gasteiger partial charge in [0.2, 0.25) is 0 Å². The largest absolute Gasteiger partial charge is 0.373 e. The first kappa shape index (κ1) is 12.3. The van der Waals surface area contributed by atoms with Gasteiger partial charge in [-0.2, -0.15) is 0 Å². The molecule has 0 bridgehead atoms. The first-order chi connectivity index (χ1) is 8.15. The maximum atomic E-state index is 5.75. The molecule has 4 nitrogen and oxygen atoms in total. The molecule has 1 aliphatic rings.